The van der Waals surface area contributed by atoms with Gasteiger partial charge in [0.05, 0.1) is 0 Å². The predicted molar refractivity (Wildman–Crippen MR) is 77.5 cm³/mol. The summed E-state index contributed by atoms with van der Waals surface area (Å²) in [4.78, 5) is 0. The second-order valence-corrected chi connectivity index (χ2v) is 5.43. The van der Waals surface area contributed by atoms with E-state index in [-0.39, 0.29) is 5.75 Å². The first kappa shape index (κ1) is 14.0. The van der Waals surface area contributed by atoms with Crippen molar-refractivity contribution < 1.29 is 13.5 Å². The minimum atomic E-state index is -0.700. The molecule has 4 heteroatoms. The second-order valence-electron chi connectivity index (χ2n) is 5.43. The predicted octanol–water partition coefficient (Wildman–Crippen LogP) is 4.32. The molecule has 1 fully saturated rings. The summed E-state index contributed by atoms with van der Waals surface area (Å²) in [6.45, 7) is 2.74. The van der Waals surface area contributed by atoms with E-state index in [1.165, 1.54) is 30.5 Å². The Bertz CT molecular complexity index is 653. The molecule has 0 radical (unpaired) electrons. The number of ether oxygens (including phenoxy) is 1. The maximum atomic E-state index is 13.6. The summed E-state index contributed by atoms with van der Waals surface area (Å²) in [6.07, 6.45) is 2.51. The Balaban J connectivity index is 1.72. The van der Waals surface area contributed by atoms with Gasteiger partial charge >= 0.3 is 0 Å². The number of hydrogen-bond donors (Lipinski definition) is 1. The van der Waals surface area contributed by atoms with Gasteiger partial charge in [0.15, 0.2) is 11.6 Å². The monoisotopic (exact) mass is 289 g/mol. The van der Waals surface area contributed by atoms with E-state index < -0.39 is 11.6 Å². The Morgan fingerprint density at radius 2 is 1.86 bits per heavy atom. The van der Waals surface area contributed by atoms with Crippen LogP contribution in [-0.2, 0) is 6.54 Å². The third-order valence-corrected chi connectivity index (χ3v) is 3.53. The number of benzene rings is 2. The summed E-state index contributed by atoms with van der Waals surface area (Å²) in [5, 5.41) is 3.44. The molecule has 2 aromatic rings. The molecule has 0 bridgehead atoms. The highest BCUT2D eigenvalue weighted by molar-refractivity contribution is 5.40. The first-order valence-corrected chi connectivity index (χ1v) is 7.07. The van der Waals surface area contributed by atoms with Crippen molar-refractivity contribution in [2.45, 2.75) is 32.4 Å². The van der Waals surface area contributed by atoms with Crippen LogP contribution in [0.15, 0.2) is 36.4 Å². The molecule has 21 heavy (non-hydrogen) atoms. The standard InChI is InChI=1S/C17H17F2NO/c1-11-8-12(10-20-14-4-5-14)2-6-16(11)21-17-7-3-13(18)9-15(17)19/h2-3,6-9,14,20H,4-5,10H2,1H3. The molecule has 0 saturated heterocycles. The smallest absolute Gasteiger partial charge is 0.168 e. The van der Waals surface area contributed by atoms with Gasteiger partial charge in [0.1, 0.15) is 11.6 Å². The molecular weight excluding hydrogens is 272 g/mol. The van der Waals surface area contributed by atoms with Crippen LogP contribution in [-0.4, -0.2) is 6.04 Å². The van der Waals surface area contributed by atoms with E-state index in [0.29, 0.717) is 11.8 Å². The summed E-state index contributed by atoms with van der Waals surface area (Å²) < 4.78 is 32.0. The molecule has 0 spiro atoms. The van der Waals surface area contributed by atoms with E-state index in [9.17, 15) is 8.78 Å². The molecule has 110 valence electrons. The van der Waals surface area contributed by atoms with Gasteiger partial charge in [-0.2, -0.15) is 0 Å². The average molecular weight is 289 g/mol. The highest BCUT2D eigenvalue weighted by Crippen LogP contribution is 2.28. The number of hydrogen-bond acceptors (Lipinski definition) is 2. The van der Waals surface area contributed by atoms with E-state index in [4.69, 9.17) is 4.74 Å². The molecule has 0 heterocycles. The summed E-state index contributed by atoms with van der Waals surface area (Å²) >= 11 is 0. The van der Waals surface area contributed by atoms with Crippen LogP contribution in [0.5, 0.6) is 11.5 Å². The summed E-state index contributed by atoms with van der Waals surface area (Å²) in [5.41, 5.74) is 2.10. The van der Waals surface area contributed by atoms with Crippen molar-refractivity contribution in [2.24, 2.45) is 0 Å². The van der Waals surface area contributed by atoms with E-state index in [0.717, 1.165) is 18.2 Å². The van der Waals surface area contributed by atoms with Crippen LogP contribution in [0.25, 0.3) is 0 Å². The van der Waals surface area contributed by atoms with Gasteiger partial charge in [-0.05, 0) is 49.1 Å². The lowest BCUT2D eigenvalue weighted by Crippen LogP contribution is -2.15. The fourth-order valence-corrected chi connectivity index (χ4v) is 2.16. The lowest BCUT2D eigenvalue weighted by molar-refractivity contribution is 0.435. The molecular formula is C17H17F2NO. The molecule has 2 aromatic carbocycles. The number of rotatable bonds is 5. The van der Waals surface area contributed by atoms with E-state index >= 15 is 0 Å². The largest absolute Gasteiger partial charge is 0.454 e. The maximum Gasteiger partial charge on any atom is 0.168 e. The number of halogens is 2. The fraction of sp³-hybridized carbons (Fsp3) is 0.294. The molecule has 0 aromatic heterocycles. The number of nitrogens with one attached hydrogen (secondary N) is 1. The third kappa shape index (κ3) is 3.58. The highest BCUT2D eigenvalue weighted by Gasteiger charge is 2.20. The summed E-state index contributed by atoms with van der Waals surface area (Å²) in [7, 11) is 0. The minimum Gasteiger partial charge on any atom is -0.454 e. The van der Waals surface area contributed by atoms with E-state index in [2.05, 4.69) is 5.32 Å². The lowest BCUT2D eigenvalue weighted by atomic mass is 10.1. The van der Waals surface area contributed by atoms with Crippen LogP contribution in [0.4, 0.5) is 8.78 Å². The van der Waals surface area contributed by atoms with Crippen molar-refractivity contribution >= 4 is 0 Å². The number of aryl methyl sites for hydroxylation is 1. The fourth-order valence-electron chi connectivity index (χ4n) is 2.16. The first-order chi connectivity index (χ1) is 10.1. The third-order valence-electron chi connectivity index (χ3n) is 3.53. The molecule has 0 aliphatic heterocycles. The van der Waals surface area contributed by atoms with Crippen LogP contribution in [0, 0.1) is 18.6 Å². The van der Waals surface area contributed by atoms with Crippen LogP contribution >= 0.6 is 0 Å². The van der Waals surface area contributed by atoms with Crippen molar-refractivity contribution in [3.05, 3.63) is 59.2 Å². The lowest BCUT2D eigenvalue weighted by Gasteiger charge is -2.11. The van der Waals surface area contributed by atoms with Gasteiger partial charge in [0.2, 0.25) is 0 Å². The van der Waals surface area contributed by atoms with Gasteiger partial charge in [-0.15, -0.1) is 0 Å². The van der Waals surface area contributed by atoms with Gasteiger partial charge in [-0.1, -0.05) is 12.1 Å². The molecule has 0 unspecified atom stereocenters. The van der Waals surface area contributed by atoms with Gasteiger partial charge in [0.25, 0.3) is 0 Å². The Morgan fingerprint density at radius 3 is 2.52 bits per heavy atom. The second kappa shape index (κ2) is 5.82. The molecule has 2 nitrogen and oxygen atoms in total. The molecule has 3 rings (SSSR count). The topological polar surface area (TPSA) is 21.3 Å². The van der Waals surface area contributed by atoms with Gasteiger partial charge in [-0.3, -0.25) is 0 Å². The minimum absolute atomic E-state index is 0.0309. The zero-order chi connectivity index (χ0) is 14.8. The zero-order valence-corrected chi connectivity index (χ0v) is 11.8. The average Bonchev–Trinajstić information content (AvgIpc) is 3.26. The van der Waals surface area contributed by atoms with E-state index in [1.807, 2.05) is 25.1 Å². The normalized spacial score (nSPS) is 14.2. The summed E-state index contributed by atoms with van der Waals surface area (Å²) in [5.74, 6) is -0.703. The van der Waals surface area contributed by atoms with Crippen molar-refractivity contribution in [2.75, 3.05) is 0 Å². The quantitative estimate of drug-likeness (QED) is 0.885. The Hall–Kier alpha value is -1.94. The Labute approximate surface area is 122 Å². The first-order valence-electron chi connectivity index (χ1n) is 7.07. The van der Waals surface area contributed by atoms with Gasteiger partial charge in [0, 0.05) is 18.7 Å². The molecule has 0 atom stereocenters. The van der Waals surface area contributed by atoms with Crippen LogP contribution in [0.2, 0.25) is 0 Å². The zero-order valence-electron chi connectivity index (χ0n) is 11.8. The molecule has 1 aliphatic carbocycles. The van der Waals surface area contributed by atoms with Crippen molar-refractivity contribution in [3.8, 4) is 11.5 Å². The van der Waals surface area contributed by atoms with Gasteiger partial charge in [-0.25, -0.2) is 8.78 Å². The molecule has 1 aliphatic rings. The molecule has 1 N–H and O–H groups in total. The molecule has 1 saturated carbocycles. The van der Waals surface area contributed by atoms with Crippen LogP contribution in [0.3, 0.4) is 0 Å². The molecule has 0 amide bonds. The van der Waals surface area contributed by atoms with Crippen molar-refractivity contribution in [1.82, 2.24) is 5.32 Å². The maximum absolute atomic E-state index is 13.6. The van der Waals surface area contributed by atoms with Crippen LogP contribution < -0.4 is 10.1 Å². The Kier molecular flexibility index (Phi) is 3.88. The van der Waals surface area contributed by atoms with Crippen molar-refractivity contribution in [3.63, 3.8) is 0 Å². The Morgan fingerprint density at radius 1 is 1.10 bits per heavy atom. The van der Waals surface area contributed by atoms with Crippen molar-refractivity contribution in [1.29, 1.82) is 0 Å². The van der Waals surface area contributed by atoms with Crippen LogP contribution in [0.1, 0.15) is 24.0 Å². The van der Waals surface area contributed by atoms with E-state index in [1.54, 1.807) is 0 Å². The highest BCUT2D eigenvalue weighted by atomic mass is 19.1. The summed E-state index contributed by atoms with van der Waals surface area (Å²) in [6, 6.07) is 9.76. The van der Waals surface area contributed by atoms with Gasteiger partial charge < -0.3 is 10.1 Å². The SMILES string of the molecule is Cc1cc(CNC2CC2)ccc1Oc1ccc(F)cc1F.